The van der Waals surface area contributed by atoms with Crippen LogP contribution >= 0.6 is 0 Å². The Morgan fingerprint density at radius 1 is 0.885 bits per heavy atom. The molecule has 0 amide bonds. The number of benzene rings is 1. The first-order valence-corrected chi connectivity index (χ1v) is 13.1. The summed E-state index contributed by atoms with van der Waals surface area (Å²) in [6.07, 6.45) is 3.58. The van der Waals surface area contributed by atoms with Crippen LogP contribution in [-0.4, -0.2) is 47.9 Å². The summed E-state index contributed by atoms with van der Waals surface area (Å²) >= 11 is 0. The van der Waals surface area contributed by atoms with E-state index in [9.17, 15) is 12.6 Å². The maximum atomic E-state index is 11.9. The lowest BCUT2D eigenvalue weighted by molar-refractivity contribution is 0.459. The third-order valence-corrected chi connectivity index (χ3v) is 7.73. The maximum Gasteiger partial charge on any atom is 0.213 e. The standard InChI is InChI=1S/C10H14OS.C8H19NO2S.C2H6/c1-3-9-12(2,11)10-7-5-4-6-8-10;1-4-6-7-9(3)12(10,11)8-5-2;1-2/h4-8H,2-3,9H2,1H3;4-8H2,1-3H3;1-2H3. The van der Waals surface area contributed by atoms with Gasteiger partial charge < -0.3 is 0 Å². The molecular formula is C20H39NO3S2. The third kappa shape index (κ3) is 11.7. The topological polar surface area (TPSA) is 54.5 Å². The summed E-state index contributed by atoms with van der Waals surface area (Å²) in [6, 6.07) is 9.48. The van der Waals surface area contributed by atoms with Crippen molar-refractivity contribution in [1.82, 2.24) is 4.31 Å². The minimum absolute atomic E-state index is 0.271. The molecule has 1 atom stereocenters. The van der Waals surface area contributed by atoms with Crippen LogP contribution in [0.1, 0.15) is 60.3 Å². The van der Waals surface area contributed by atoms with E-state index >= 15 is 0 Å². The molecule has 1 aromatic carbocycles. The summed E-state index contributed by atoms with van der Waals surface area (Å²) in [5, 5.41) is 0. The first-order chi connectivity index (χ1) is 12.2. The molecule has 0 aliphatic rings. The largest absolute Gasteiger partial charge is 0.263 e. The highest BCUT2D eigenvalue weighted by molar-refractivity contribution is 8.00. The number of hydrogen-bond acceptors (Lipinski definition) is 3. The Bertz CT molecular complexity index is 639. The van der Waals surface area contributed by atoms with Gasteiger partial charge in [-0.1, -0.05) is 59.2 Å². The summed E-state index contributed by atoms with van der Waals surface area (Å²) in [7, 11) is -3.31. The van der Waals surface area contributed by atoms with Crippen molar-refractivity contribution >= 4 is 25.4 Å². The number of hydrogen-bond donors (Lipinski definition) is 0. The van der Waals surface area contributed by atoms with Crippen molar-refractivity contribution in [2.45, 2.75) is 65.2 Å². The number of nitrogens with zero attached hydrogens (tertiary/aromatic N) is 1. The van der Waals surface area contributed by atoms with Crippen molar-refractivity contribution in [1.29, 1.82) is 0 Å². The fraction of sp³-hybridized carbons (Fsp3) is 0.650. The van der Waals surface area contributed by atoms with Gasteiger partial charge in [0, 0.05) is 24.2 Å². The van der Waals surface area contributed by atoms with Gasteiger partial charge >= 0.3 is 0 Å². The lowest BCUT2D eigenvalue weighted by Crippen LogP contribution is -2.29. The minimum Gasteiger partial charge on any atom is -0.263 e. The molecule has 26 heavy (non-hydrogen) atoms. The molecule has 0 saturated carbocycles. The van der Waals surface area contributed by atoms with E-state index in [1.54, 1.807) is 7.05 Å². The monoisotopic (exact) mass is 405 g/mol. The van der Waals surface area contributed by atoms with Gasteiger partial charge in [-0.2, -0.15) is 0 Å². The third-order valence-electron chi connectivity index (χ3n) is 3.47. The molecule has 154 valence electrons. The van der Waals surface area contributed by atoms with Crippen LogP contribution in [0.2, 0.25) is 0 Å². The van der Waals surface area contributed by atoms with E-state index in [0.717, 1.165) is 24.2 Å². The molecule has 4 nitrogen and oxygen atoms in total. The summed E-state index contributed by atoms with van der Waals surface area (Å²) in [4.78, 5) is 0.867. The van der Waals surface area contributed by atoms with Crippen LogP contribution in [-0.2, 0) is 19.5 Å². The fourth-order valence-electron chi connectivity index (χ4n) is 2.05. The van der Waals surface area contributed by atoms with Gasteiger partial charge in [0.1, 0.15) is 0 Å². The Hall–Kier alpha value is -0.850. The zero-order chi connectivity index (χ0) is 20.6. The Labute approximate surface area is 163 Å². The molecule has 0 N–H and O–H groups in total. The summed E-state index contributed by atoms with van der Waals surface area (Å²) < 4.78 is 36.1. The van der Waals surface area contributed by atoms with Crippen LogP contribution in [0.15, 0.2) is 35.2 Å². The molecule has 0 fully saturated rings. The molecule has 0 spiro atoms. The Kier molecular flexibility index (Phi) is 16.0. The Morgan fingerprint density at radius 2 is 1.38 bits per heavy atom. The van der Waals surface area contributed by atoms with Crippen LogP contribution in [0.3, 0.4) is 0 Å². The van der Waals surface area contributed by atoms with Crippen molar-refractivity contribution in [2.24, 2.45) is 0 Å². The first kappa shape index (κ1) is 27.4. The van der Waals surface area contributed by atoms with E-state index in [2.05, 4.69) is 12.8 Å². The highest BCUT2D eigenvalue weighted by atomic mass is 32.2. The maximum absolute atomic E-state index is 11.9. The summed E-state index contributed by atoms with van der Waals surface area (Å²) in [5.74, 6) is 4.71. The van der Waals surface area contributed by atoms with E-state index in [1.807, 2.05) is 58.0 Å². The van der Waals surface area contributed by atoms with E-state index in [4.69, 9.17) is 0 Å². The fourth-order valence-corrected chi connectivity index (χ4v) is 4.83. The molecule has 0 aliphatic heterocycles. The van der Waals surface area contributed by atoms with Gasteiger partial charge in [-0.05, 0) is 46.8 Å². The molecule has 6 heteroatoms. The van der Waals surface area contributed by atoms with Gasteiger partial charge in [0.15, 0.2) is 0 Å². The van der Waals surface area contributed by atoms with Crippen molar-refractivity contribution in [3.63, 3.8) is 0 Å². The first-order valence-electron chi connectivity index (χ1n) is 9.55. The van der Waals surface area contributed by atoms with E-state index in [0.29, 0.717) is 18.7 Å². The molecule has 0 aliphatic carbocycles. The molecule has 1 aromatic rings. The number of unbranched alkanes of at least 4 members (excludes halogenated alkanes) is 1. The zero-order valence-electron chi connectivity index (χ0n) is 17.5. The van der Waals surface area contributed by atoms with Gasteiger partial charge in [0.2, 0.25) is 10.0 Å². The van der Waals surface area contributed by atoms with Crippen molar-refractivity contribution in [3.05, 3.63) is 30.3 Å². The molecular weight excluding hydrogens is 366 g/mol. The van der Waals surface area contributed by atoms with E-state index in [1.165, 1.54) is 4.31 Å². The highest BCUT2D eigenvalue weighted by Crippen LogP contribution is 2.10. The van der Waals surface area contributed by atoms with Crippen molar-refractivity contribution in [2.75, 3.05) is 25.1 Å². The highest BCUT2D eigenvalue weighted by Gasteiger charge is 2.14. The van der Waals surface area contributed by atoms with Crippen molar-refractivity contribution < 1.29 is 12.6 Å². The molecule has 0 aromatic heterocycles. The zero-order valence-corrected chi connectivity index (χ0v) is 19.2. The normalized spacial score (nSPS) is 13.0. The van der Waals surface area contributed by atoms with Gasteiger partial charge in [-0.15, -0.1) is 0 Å². The molecule has 0 saturated heterocycles. The molecule has 0 bridgehead atoms. The summed E-state index contributed by atoms with van der Waals surface area (Å²) in [5.41, 5.74) is 0. The Morgan fingerprint density at radius 3 is 1.81 bits per heavy atom. The second kappa shape index (κ2) is 15.2. The molecule has 1 unspecified atom stereocenters. The van der Waals surface area contributed by atoms with Gasteiger partial charge in [0.05, 0.1) is 5.75 Å². The predicted molar refractivity (Wildman–Crippen MR) is 118 cm³/mol. The molecule has 1 rings (SSSR count). The lowest BCUT2D eigenvalue weighted by atomic mass is 10.3. The quantitative estimate of drug-likeness (QED) is 0.562. The number of sulfonamides is 1. The second-order valence-corrected chi connectivity index (χ2v) is 10.5. The molecule has 0 heterocycles. The van der Waals surface area contributed by atoms with Crippen LogP contribution < -0.4 is 0 Å². The van der Waals surface area contributed by atoms with E-state index in [-0.39, 0.29) is 5.75 Å². The van der Waals surface area contributed by atoms with Gasteiger partial charge in [-0.25, -0.2) is 12.7 Å². The van der Waals surface area contributed by atoms with Gasteiger partial charge in [0.25, 0.3) is 0 Å². The van der Waals surface area contributed by atoms with Gasteiger partial charge in [-0.3, -0.25) is 4.21 Å². The van der Waals surface area contributed by atoms with Crippen molar-refractivity contribution in [3.8, 4) is 0 Å². The summed E-state index contributed by atoms with van der Waals surface area (Å²) in [6.45, 7) is 10.6. The van der Waals surface area contributed by atoms with Crippen LogP contribution in [0.4, 0.5) is 0 Å². The minimum atomic E-state index is -2.95. The smallest absolute Gasteiger partial charge is 0.213 e. The predicted octanol–water partition coefficient (Wildman–Crippen LogP) is 4.66. The number of rotatable bonds is 9. The second-order valence-electron chi connectivity index (χ2n) is 5.82. The van der Waals surface area contributed by atoms with E-state index < -0.39 is 19.5 Å². The van der Waals surface area contributed by atoms with Crippen LogP contribution in [0.25, 0.3) is 0 Å². The molecule has 0 radical (unpaired) electrons. The average Bonchev–Trinajstić information content (AvgIpc) is 2.62. The Balaban J connectivity index is 0. The van der Waals surface area contributed by atoms with Crippen LogP contribution in [0.5, 0.6) is 0 Å². The lowest BCUT2D eigenvalue weighted by Gasteiger charge is -2.15. The van der Waals surface area contributed by atoms with Crippen LogP contribution in [0, 0.1) is 0 Å². The average molecular weight is 406 g/mol. The SMILES string of the molecule is C=S(=O)(CCC)c1ccccc1.CC.CCCCN(C)S(=O)(=O)CCC.